The van der Waals surface area contributed by atoms with Crippen molar-refractivity contribution in [1.82, 2.24) is 0 Å². The first-order valence-electron chi connectivity index (χ1n) is 10.8. The average Bonchev–Trinajstić information content (AvgIpc) is 2.68. The highest BCUT2D eigenvalue weighted by molar-refractivity contribution is 6.03. The lowest BCUT2D eigenvalue weighted by atomic mass is 9.66. The van der Waals surface area contributed by atoms with Crippen LogP contribution in [0.1, 0.15) is 69.2 Å². The lowest BCUT2D eigenvalue weighted by Crippen LogP contribution is -2.34. The van der Waals surface area contributed by atoms with Crippen LogP contribution in [0, 0.1) is 18.3 Å². The van der Waals surface area contributed by atoms with Crippen LogP contribution in [0.25, 0.3) is 0 Å². The molecule has 3 rings (SSSR count). The minimum Gasteiger partial charge on any atom is -0.493 e. The second-order valence-electron chi connectivity index (χ2n) is 8.89. The molecule has 28 heavy (non-hydrogen) atoms. The van der Waals surface area contributed by atoms with Gasteiger partial charge in [0.15, 0.2) is 0 Å². The second kappa shape index (κ2) is 8.94. The molecule has 2 nitrogen and oxygen atoms in total. The fraction of sp³-hybridized carbons (Fsp3) is 0.500. The Morgan fingerprint density at radius 2 is 1.86 bits per heavy atom. The molecule has 2 aromatic rings. The molecule has 0 aliphatic heterocycles. The quantitative estimate of drug-likeness (QED) is 0.488. The van der Waals surface area contributed by atoms with Crippen molar-refractivity contribution < 1.29 is 4.74 Å². The van der Waals surface area contributed by atoms with Gasteiger partial charge in [0.25, 0.3) is 0 Å². The minimum absolute atomic E-state index is 0.235. The average molecular weight is 378 g/mol. The predicted octanol–water partition coefficient (Wildman–Crippen LogP) is 6.77. The predicted molar refractivity (Wildman–Crippen MR) is 120 cm³/mol. The Balaban J connectivity index is 1.96. The van der Waals surface area contributed by atoms with E-state index in [2.05, 4.69) is 77.1 Å². The van der Waals surface area contributed by atoms with Crippen molar-refractivity contribution in [3.8, 4) is 5.75 Å². The molecule has 150 valence electrons. The van der Waals surface area contributed by atoms with Crippen LogP contribution >= 0.6 is 0 Å². The third kappa shape index (κ3) is 4.66. The molecule has 2 aromatic carbocycles. The summed E-state index contributed by atoms with van der Waals surface area (Å²) in [6.45, 7) is 13.0. The maximum atomic E-state index is 6.10. The molecular formula is C26H35NO. The zero-order chi connectivity index (χ0) is 20.1. The van der Waals surface area contributed by atoms with Gasteiger partial charge in [0.1, 0.15) is 5.75 Å². The van der Waals surface area contributed by atoms with Crippen LogP contribution in [0.5, 0.6) is 5.75 Å². The van der Waals surface area contributed by atoms with Gasteiger partial charge >= 0.3 is 0 Å². The highest BCUT2D eigenvalue weighted by Gasteiger charge is 2.36. The van der Waals surface area contributed by atoms with Crippen molar-refractivity contribution >= 4 is 5.71 Å². The van der Waals surface area contributed by atoms with E-state index in [0.29, 0.717) is 5.92 Å². The summed E-state index contributed by atoms with van der Waals surface area (Å²) in [5.74, 6) is 1.65. The van der Waals surface area contributed by atoms with Crippen LogP contribution in [-0.4, -0.2) is 12.3 Å². The summed E-state index contributed by atoms with van der Waals surface area (Å²) in [5.41, 5.74) is 6.70. The summed E-state index contributed by atoms with van der Waals surface area (Å²) in [4.78, 5) is 5.09. The van der Waals surface area contributed by atoms with Gasteiger partial charge < -0.3 is 4.74 Å². The first-order chi connectivity index (χ1) is 13.4. The summed E-state index contributed by atoms with van der Waals surface area (Å²) < 4.78 is 6.10. The number of aryl methyl sites for hydroxylation is 1. The van der Waals surface area contributed by atoms with E-state index in [1.165, 1.54) is 28.0 Å². The molecule has 0 fully saturated rings. The molecule has 0 saturated heterocycles. The number of nitrogens with zero attached hydrogens (tertiary/aromatic N) is 1. The standard InChI is InChI=1S/C26H35NO/c1-6-7-13-28-25-15-22-16-26(5,19(2)3)17-24(23(22)14-20(25)4)27-18-21-11-9-8-10-12-21/h8-12,14-15,19H,6-7,13,16-18H2,1-5H3/b27-24+. The third-order valence-corrected chi connectivity index (χ3v) is 6.32. The Kier molecular flexibility index (Phi) is 6.59. The molecule has 0 heterocycles. The van der Waals surface area contributed by atoms with Crippen molar-refractivity contribution in [2.24, 2.45) is 16.3 Å². The molecule has 0 spiro atoms. The first-order valence-corrected chi connectivity index (χ1v) is 10.8. The largest absolute Gasteiger partial charge is 0.493 e. The normalized spacial score (nSPS) is 20.4. The van der Waals surface area contributed by atoms with Crippen LogP contribution in [0.3, 0.4) is 0 Å². The number of benzene rings is 2. The lowest BCUT2D eigenvalue weighted by Gasteiger charge is -2.39. The van der Waals surface area contributed by atoms with E-state index < -0.39 is 0 Å². The smallest absolute Gasteiger partial charge is 0.122 e. The number of fused-ring (bicyclic) bond motifs is 1. The highest BCUT2D eigenvalue weighted by Crippen LogP contribution is 2.43. The summed E-state index contributed by atoms with van der Waals surface area (Å²) >= 11 is 0. The van der Waals surface area contributed by atoms with Crippen LogP contribution < -0.4 is 4.74 Å². The van der Waals surface area contributed by atoms with E-state index >= 15 is 0 Å². The molecule has 0 amide bonds. The van der Waals surface area contributed by atoms with Crippen molar-refractivity contribution in [3.05, 3.63) is 64.7 Å². The molecule has 0 N–H and O–H groups in total. The third-order valence-electron chi connectivity index (χ3n) is 6.32. The van der Waals surface area contributed by atoms with E-state index in [9.17, 15) is 0 Å². The molecule has 2 heteroatoms. The Bertz CT molecular complexity index is 822. The van der Waals surface area contributed by atoms with E-state index in [4.69, 9.17) is 9.73 Å². The number of ether oxygens (including phenoxy) is 1. The van der Waals surface area contributed by atoms with Gasteiger partial charge in [0.2, 0.25) is 0 Å². The Hall–Kier alpha value is -2.09. The van der Waals surface area contributed by atoms with Crippen molar-refractivity contribution in [3.63, 3.8) is 0 Å². The van der Waals surface area contributed by atoms with Gasteiger partial charge in [-0.1, -0.05) is 64.4 Å². The number of aliphatic imine (C=N–C) groups is 1. The van der Waals surface area contributed by atoms with E-state index in [1.54, 1.807) is 0 Å². The van der Waals surface area contributed by atoms with E-state index in [1.807, 2.05) is 0 Å². The Morgan fingerprint density at radius 1 is 1.11 bits per heavy atom. The Labute approximate surface area is 171 Å². The highest BCUT2D eigenvalue weighted by atomic mass is 16.5. The zero-order valence-electron chi connectivity index (χ0n) is 18.2. The van der Waals surface area contributed by atoms with Gasteiger partial charge in [-0.15, -0.1) is 0 Å². The number of rotatable bonds is 7. The maximum absolute atomic E-state index is 6.10. The van der Waals surface area contributed by atoms with Gasteiger partial charge in [-0.05, 0) is 71.9 Å². The summed E-state index contributed by atoms with van der Waals surface area (Å²) in [6.07, 6.45) is 4.39. The van der Waals surface area contributed by atoms with Crippen LogP contribution in [-0.2, 0) is 13.0 Å². The van der Waals surface area contributed by atoms with Crippen LogP contribution in [0.4, 0.5) is 0 Å². The maximum Gasteiger partial charge on any atom is 0.122 e. The van der Waals surface area contributed by atoms with Gasteiger partial charge in [0.05, 0.1) is 13.2 Å². The monoisotopic (exact) mass is 377 g/mol. The van der Waals surface area contributed by atoms with Gasteiger partial charge in [-0.3, -0.25) is 4.99 Å². The summed E-state index contributed by atoms with van der Waals surface area (Å²) in [7, 11) is 0. The zero-order valence-corrected chi connectivity index (χ0v) is 18.2. The van der Waals surface area contributed by atoms with E-state index in [0.717, 1.165) is 44.6 Å². The van der Waals surface area contributed by atoms with Crippen molar-refractivity contribution in [2.45, 2.75) is 66.8 Å². The number of hydrogen-bond acceptors (Lipinski definition) is 2. The van der Waals surface area contributed by atoms with E-state index in [-0.39, 0.29) is 5.41 Å². The Morgan fingerprint density at radius 3 is 2.54 bits per heavy atom. The molecule has 1 atom stereocenters. The molecular weight excluding hydrogens is 342 g/mol. The molecule has 0 aromatic heterocycles. The molecule has 0 radical (unpaired) electrons. The summed E-state index contributed by atoms with van der Waals surface area (Å²) in [6, 6.07) is 15.2. The van der Waals surface area contributed by atoms with Crippen molar-refractivity contribution in [2.75, 3.05) is 6.61 Å². The fourth-order valence-corrected chi connectivity index (χ4v) is 3.92. The van der Waals surface area contributed by atoms with Crippen LogP contribution in [0.15, 0.2) is 47.5 Å². The first kappa shape index (κ1) is 20.6. The second-order valence-corrected chi connectivity index (χ2v) is 8.89. The SMILES string of the molecule is CCCCOc1cc2c(cc1C)/C(=N/Cc1ccccc1)CC(C)(C(C)C)C2. The van der Waals surface area contributed by atoms with Gasteiger partial charge in [-0.25, -0.2) is 0 Å². The fourth-order valence-electron chi connectivity index (χ4n) is 3.92. The summed E-state index contributed by atoms with van der Waals surface area (Å²) in [5, 5.41) is 0. The van der Waals surface area contributed by atoms with Crippen molar-refractivity contribution in [1.29, 1.82) is 0 Å². The minimum atomic E-state index is 0.235. The van der Waals surface area contributed by atoms with Gasteiger partial charge in [0, 0.05) is 5.71 Å². The molecule has 1 aliphatic rings. The lowest BCUT2D eigenvalue weighted by molar-refractivity contribution is 0.222. The number of hydrogen-bond donors (Lipinski definition) is 0. The van der Waals surface area contributed by atoms with Crippen LogP contribution in [0.2, 0.25) is 0 Å². The topological polar surface area (TPSA) is 21.6 Å². The molecule has 1 aliphatic carbocycles. The molecule has 0 bridgehead atoms. The molecule has 0 saturated carbocycles. The molecule has 1 unspecified atom stereocenters. The van der Waals surface area contributed by atoms with Gasteiger partial charge in [-0.2, -0.15) is 0 Å². The number of unbranched alkanes of at least 4 members (excludes halogenated alkanes) is 1.